The Morgan fingerprint density at radius 3 is 2.52 bits per heavy atom. The first-order chi connectivity index (χ1) is 10.6. The van der Waals surface area contributed by atoms with Crippen LogP contribution in [0.3, 0.4) is 0 Å². The number of carbonyl (C=O) groups excluding carboxylic acids is 3. The lowest BCUT2D eigenvalue weighted by Gasteiger charge is -2.07. The van der Waals surface area contributed by atoms with Crippen molar-refractivity contribution in [3.63, 3.8) is 0 Å². The molecule has 23 heavy (non-hydrogen) atoms. The molecule has 0 amide bonds. The van der Waals surface area contributed by atoms with Crippen molar-refractivity contribution in [1.82, 2.24) is 9.55 Å². The minimum atomic E-state index is -5.28. The first-order valence-electron chi connectivity index (χ1n) is 6.17. The summed E-state index contributed by atoms with van der Waals surface area (Å²) in [4.78, 5) is 37.6. The summed E-state index contributed by atoms with van der Waals surface area (Å²) in [5.41, 5.74) is 5.85. The summed E-state index contributed by atoms with van der Waals surface area (Å²) < 4.78 is 41.0. The van der Waals surface area contributed by atoms with Crippen molar-refractivity contribution in [3.8, 4) is 0 Å². The van der Waals surface area contributed by atoms with Crippen molar-refractivity contribution in [1.29, 1.82) is 0 Å². The fourth-order valence-corrected chi connectivity index (χ4v) is 1.91. The molecule has 2 N–H and O–H groups in total. The predicted octanol–water partition coefficient (Wildman–Crippen LogP) is 1.45. The lowest BCUT2D eigenvalue weighted by atomic mass is 10.1. The maximum absolute atomic E-state index is 12.1. The highest BCUT2D eigenvalue weighted by Gasteiger charge is 2.42. The number of ketones is 1. The van der Waals surface area contributed by atoms with Crippen molar-refractivity contribution in [2.24, 2.45) is 0 Å². The molecule has 7 nitrogen and oxygen atoms in total. The van der Waals surface area contributed by atoms with Crippen LogP contribution >= 0.6 is 0 Å². The number of esters is 2. The number of ether oxygens (including phenoxy) is 1. The molecule has 0 aliphatic carbocycles. The molecular weight excluding hydrogens is 319 g/mol. The molecule has 0 atom stereocenters. The summed E-state index contributed by atoms with van der Waals surface area (Å²) in [6.45, 7) is 0.545. The van der Waals surface area contributed by atoms with E-state index in [0.717, 1.165) is 4.57 Å². The van der Waals surface area contributed by atoms with Gasteiger partial charge < -0.3 is 15.0 Å². The van der Waals surface area contributed by atoms with E-state index in [1.807, 2.05) is 0 Å². The molecule has 2 heterocycles. The van der Waals surface area contributed by atoms with Gasteiger partial charge in [0.2, 0.25) is 0 Å². The molecular formula is C13H10F3N3O4. The minimum Gasteiger partial charge on any atom is -0.385 e. The molecule has 0 aromatic carbocycles. The molecule has 0 fully saturated rings. The van der Waals surface area contributed by atoms with Gasteiger partial charge in [-0.25, -0.2) is 14.6 Å². The summed E-state index contributed by atoms with van der Waals surface area (Å²) in [7, 11) is 0. The number of nitrogens with zero attached hydrogens (tertiary/aromatic N) is 2. The van der Waals surface area contributed by atoms with Gasteiger partial charge in [0.1, 0.15) is 18.0 Å². The zero-order valence-electron chi connectivity index (χ0n) is 11.7. The maximum atomic E-state index is 12.1. The Balaban J connectivity index is 2.33. The average Bonchev–Trinajstić information content (AvgIpc) is 2.76. The van der Waals surface area contributed by atoms with E-state index in [9.17, 15) is 27.6 Å². The van der Waals surface area contributed by atoms with Crippen LogP contribution in [0.15, 0.2) is 18.3 Å². The third kappa shape index (κ3) is 3.47. The maximum Gasteiger partial charge on any atom is 0.491 e. The highest BCUT2D eigenvalue weighted by molar-refractivity contribution is 6.06. The van der Waals surface area contributed by atoms with E-state index in [0.29, 0.717) is 5.39 Å². The van der Waals surface area contributed by atoms with E-state index in [1.54, 1.807) is 0 Å². The molecule has 2 rings (SSSR count). The van der Waals surface area contributed by atoms with E-state index in [1.165, 1.54) is 25.3 Å². The lowest BCUT2D eigenvalue weighted by Crippen LogP contribution is -2.29. The topological polar surface area (TPSA) is 104 Å². The monoisotopic (exact) mass is 329 g/mol. The number of carbonyl (C=O) groups is 3. The Kier molecular flexibility index (Phi) is 4.08. The van der Waals surface area contributed by atoms with E-state index >= 15 is 0 Å². The van der Waals surface area contributed by atoms with E-state index in [4.69, 9.17) is 5.73 Å². The van der Waals surface area contributed by atoms with Gasteiger partial charge in [-0.3, -0.25) is 4.79 Å². The zero-order valence-corrected chi connectivity index (χ0v) is 11.7. The summed E-state index contributed by atoms with van der Waals surface area (Å²) in [5, 5.41) is 0.377. The van der Waals surface area contributed by atoms with Gasteiger partial charge in [-0.15, -0.1) is 0 Å². The van der Waals surface area contributed by atoms with Gasteiger partial charge in [-0.05, 0) is 19.1 Å². The SMILES string of the molecule is CC(=O)c1cn(CC(=O)OC(=O)C(F)(F)F)c2nc(N)ccc12. The fourth-order valence-electron chi connectivity index (χ4n) is 1.91. The largest absolute Gasteiger partial charge is 0.491 e. The van der Waals surface area contributed by atoms with Crippen LogP contribution in [0.5, 0.6) is 0 Å². The molecule has 10 heteroatoms. The van der Waals surface area contributed by atoms with Crippen LogP contribution in [0.2, 0.25) is 0 Å². The molecule has 0 unspecified atom stereocenters. The van der Waals surface area contributed by atoms with Crippen LogP contribution in [0.1, 0.15) is 17.3 Å². The number of rotatable bonds is 3. The molecule has 0 saturated carbocycles. The fraction of sp³-hybridized carbons (Fsp3) is 0.231. The first kappa shape index (κ1) is 16.5. The Morgan fingerprint density at radius 1 is 1.30 bits per heavy atom. The van der Waals surface area contributed by atoms with Crippen LogP contribution in [-0.4, -0.2) is 33.4 Å². The number of fused-ring (bicyclic) bond motifs is 1. The minimum absolute atomic E-state index is 0.0895. The second kappa shape index (κ2) is 5.71. The van der Waals surface area contributed by atoms with Gasteiger partial charge in [0.15, 0.2) is 5.78 Å². The zero-order chi connectivity index (χ0) is 17.4. The quantitative estimate of drug-likeness (QED) is 0.519. The van der Waals surface area contributed by atoms with Gasteiger partial charge in [0, 0.05) is 17.1 Å². The number of hydrogen-bond acceptors (Lipinski definition) is 6. The number of alkyl halides is 3. The van der Waals surface area contributed by atoms with Crippen molar-refractivity contribution in [2.75, 3.05) is 5.73 Å². The summed E-state index contributed by atoms with van der Waals surface area (Å²) >= 11 is 0. The lowest BCUT2D eigenvalue weighted by molar-refractivity contribution is -0.202. The third-order valence-corrected chi connectivity index (χ3v) is 2.86. The van der Waals surface area contributed by atoms with Crippen LogP contribution in [0.4, 0.5) is 19.0 Å². The predicted molar refractivity (Wildman–Crippen MR) is 71.3 cm³/mol. The van der Waals surface area contributed by atoms with Crippen molar-refractivity contribution < 1.29 is 32.3 Å². The van der Waals surface area contributed by atoms with Crippen molar-refractivity contribution in [3.05, 3.63) is 23.9 Å². The third-order valence-electron chi connectivity index (χ3n) is 2.86. The van der Waals surface area contributed by atoms with Gasteiger partial charge in [-0.1, -0.05) is 0 Å². The summed E-state index contributed by atoms with van der Waals surface area (Å²) in [5.74, 6) is -4.30. The molecule has 0 spiro atoms. The smallest absolute Gasteiger partial charge is 0.385 e. The molecule has 2 aromatic rings. The number of nitrogen functional groups attached to an aromatic ring is 1. The van der Waals surface area contributed by atoms with Crippen LogP contribution < -0.4 is 5.73 Å². The number of hydrogen-bond donors (Lipinski definition) is 1. The molecule has 122 valence electrons. The molecule has 0 aliphatic rings. The Bertz CT molecular complexity index is 811. The normalized spacial score (nSPS) is 11.5. The highest BCUT2D eigenvalue weighted by Crippen LogP contribution is 2.22. The molecule has 0 saturated heterocycles. The van der Waals surface area contributed by atoms with Gasteiger partial charge in [0.25, 0.3) is 0 Å². The van der Waals surface area contributed by atoms with Gasteiger partial charge in [-0.2, -0.15) is 13.2 Å². The van der Waals surface area contributed by atoms with Crippen LogP contribution in [0, 0.1) is 0 Å². The van der Waals surface area contributed by atoms with Gasteiger partial charge in [0.05, 0.1) is 0 Å². The molecule has 0 radical (unpaired) electrons. The second-order valence-corrected chi connectivity index (χ2v) is 4.59. The molecule has 0 bridgehead atoms. The Hall–Kier alpha value is -2.91. The summed E-state index contributed by atoms with van der Waals surface area (Å²) in [6.07, 6.45) is -4.04. The van der Waals surface area contributed by atoms with E-state index in [-0.39, 0.29) is 22.8 Å². The summed E-state index contributed by atoms with van der Waals surface area (Å²) in [6, 6.07) is 2.93. The average molecular weight is 329 g/mol. The second-order valence-electron chi connectivity index (χ2n) is 4.59. The van der Waals surface area contributed by atoms with Crippen molar-refractivity contribution >= 4 is 34.6 Å². The first-order valence-corrected chi connectivity index (χ1v) is 6.17. The number of halogens is 3. The number of nitrogens with two attached hydrogens (primary N) is 1. The van der Waals surface area contributed by atoms with Crippen LogP contribution in [-0.2, 0) is 20.9 Å². The van der Waals surface area contributed by atoms with E-state index < -0.39 is 24.7 Å². The standard InChI is InChI=1S/C13H10F3N3O4/c1-6(20)8-4-19(11-7(8)2-3-9(17)18-11)5-10(21)23-12(22)13(14,15)16/h2-4H,5H2,1H3,(H2,17,18). The molecule has 0 aliphatic heterocycles. The van der Waals surface area contributed by atoms with Crippen molar-refractivity contribution in [2.45, 2.75) is 19.6 Å². The van der Waals surface area contributed by atoms with E-state index in [2.05, 4.69) is 9.72 Å². The van der Waals surface area contributed by atoms with Crippen LogP contribution in [0.25, 0.3) is 11.0 Å². The molecule has 2 aromatic heterocycles. The Morgan fingerprint density at radius 2 is 1.96 bits per heavy atom. The highest BCUT2D eigenvalue weighted by atomic mass is 19.4. The number of aromatic nitrogens is 2. The Labute approximate surface area is 126 Å². The number of anilines is 1. The number of pyridine rings is 1. The number of Topliss-reactive ketones (excluding diaryl/α,β-unsaturated/α-hetero) is 1. The van der Waals surface area contributed by atoms with Gasteiger partial charge >= 0.3 is 18.1 Å².